The highest BCUT2D eigenvalue weighted by molar-refractivity contribution is 6.07. The lowest BCUT2D eigenvalue weighted by atomic mass is 9.82. The van der Waals surface area contributed by atoms with Gasteiger partial charge >= 0.3 is 0 Å². The first-order valence-corrected chi connectivity index (χ1v) is 13.9. The van der Waals surface area contributed by atoms with Crippen LogP contribution in [0.5, 0.6) is 0 Å². The van der Waals surface area contributed by atoms with E-state index in [2.05, 4.69) is 141 Å². The van der Waals surface area contributed by atoms with Crippen molar-refractivity contribution in [3.05, 3.63) is 133 Å². The largest absolute Gasteiger partial charge is 0.456 e. The fraction of sp³-hybridized carbons (Fsp3) is 0.105. The summed E-state index contributed by atoms with van der Waals surface area (Å²) in [5, 5.41) is 8.66. The van der Waals surface area contributed by atoms with Crippen molar-refractivity contribution in [1.82, 2.24) is 0 Å². The summed E-state index contributed by atoms with van der Waals surface area (Å²) < 4.78 is 6.08. The third-order valence-corrected chi connectivity index (χ3v) is 7.83. The second-order valence-corrected chi connectivity index (χ2v) is 11.5. The van der Waals surface area contributed by atoms with Crippen LogP contribution in [0.2, 0.25) is 0 Å². The third kappa shape index (κ3) is 4.13. The average Bonchev–Trinajstić information content (AvgIpc) is 3.35. The zero-order chi connectivity index (χ0) is 27.3. The summed E-state index contributed by atoms with van der Waals surface area (Å²) in [7, 11) is 0. The number of nitrogens with one attached hydrogen (secondary N) is 1. The molecule has 0 aliphatic carbocycles. The van der Waals surface area contributed by atoms with Gasteiger partial charge in [0.2, 0.25) is 0 Å². The molecule has 0 spiro atoms. The van der Waals surface area contributed by atoms with E-state index in [4.69, 9.17) is 4.42 Å². The first-order chi connectivity index (χ1) is 19.5. The van der Waals surface area contributed by atoms with E-state index in [1.165, 1.54) is 27.5 Å². The number of fused-ring (bicyclic) bond motifs is 4. The van der Waals surface area contributed by atoms with E-state index >= 15 is 0 Å². The first-order valence-electron chi connectivity index (χ1n) is 13.9. The van der Waals surface area contributed by atoms with E-state index in [9.17, 15) is 0 Å². The highest BCUT2D eigenvalue weighted by Gasteiger charge is 2.19. The molecule has 2 nitrogen and oxygen atoms in total. The fourth-order valence-electron chi connectivity index (χ4n) is 5.90. The van der Waals surface area contributed by atoms with Gasteiger partial charge in [-0.15, -0.1) is 0 Å². The molecule has 7 aromatic rings. The van der Waals surface area contributed by atoms with Crippen molar-refractivity contribution in [3.63, 3.8) is 0 Å². The Bertz CT molecular complexity index is 2020. The summed E-state index contributed by atoms with van der Waals surface area (Å²) in [6.45, 7) is 6.85. The van der Waals surface area contributed by atoms with Gasteiger partial charge in [-0.25, -0.2) is 0 Å². The van der Waals surface area contributed by atoms with Crippen molar-refractivity contribution in [2.75, 3.05) is 5.32 Å². The lowest BCUT2D eigenvalue weighted by molar-refractivity contribution is 0.596. The molecule has 0 amide bonds. The number of anilines is 2. The predicted octanol–water partition coefficient (Wildman–Crippen LogP) is 11.1. The summed E-state index contributed by atoms with van der Waals surface area (Å²) in [5.41, 5.74) is 10.1. The van der Waals surface area contributed by atoms with Crippen LogP contribution in [0.3, 0.4) is 0 Å². The van der Waals surface area contributed by atoms with Gasteiger partial charge in [-0.1, -0.05) is 118 Å². The molecule has 0 aliphatic rings. The van der Waals surface area contributed by atoms with Gasteiger partial charge in [-0.2, -0.15) is 0 Å². The van der Waals surface area contributed by atoms with Gasteiger partial charge < -0.3 is 9.73 Å². The normalized spacial score (nSPS) is 11.9. The minimum atomic E-state index is 0.0657. The molecule has 1 heterocycles. The Labute approximate surface area is 234 Å². The van der Waals surface area contributed by atoms with Crippen molar-refractivity contribution < 1.29 is 4.42 Å². The van der Waals surface area contributed by atoms with Gasteiger partial charge in [0.25, 0.3) is 0 Å². The molecule has 7 rings (SSSR count). The average molecular weight is 518 g/mol. The monoisotopic (exact) mass is 517 g/mol. The van der Waals surface area contributed by atoms with Crippen LogP contribution in [-0.2, 0) is 5.41 Å². The quantitative estimate of drug-likeness (QED) is 0.251. The molecule has 0 bridgehead atoms. The van der Waals surface area contributed by atoms with E-state index in [1.807, 2.05) is 12.1 Å². The van der Waals surface area contributed by atoms with Gasteiger partial charge in [0.1, 0.15) is 11.2 Å². The Morgan fingerprint density at radius 1 is 0.475 bits per heavy atom. The molecule has 0 unspecified atom stereocenters. The zero-order valence-electron chi connectivity index (χ0n) is 23.0. The molecular weight excluding hydrogens is 486 g/mol. The van der Waals surface area contributed by atoms with Crippen LogP contribution in [0.1, 0.15) is 26.3 Å². The molecule has 0 aliphatic heterocycles. The van der Waals surface area contributed by atoms with Crippen LogP contribution in [0.25, 0.3) is 55.0 Å². The molecule has 6 aromatic carbocycles. The standard InChI is InChI=1S/C38H31NO/c1-38(2,3)33-22-21-28(27-13-4-5-14-29(27)33)30-15-7-10-18-35(30)39-34-17-9-6-12-26(34)25-20-23-37-32(24-25)31-16-8-11-19-36(31)40-37/h4-24,39H,1-3H3. The molecule has 2 heteroatoms. The number of hydrogen-bond acceptors (Lipinski definition) is 2. The number of hydrogen-bond donors (Lipinski definition) is 1. The highest BCUT2D eigenvalue weighted by Crippen LogP contribution is 2.41. The Kier molecular flexibility index (Phi) is 5.71. The van der Waals surface area contributed by atoms with Crippen LogP contribution >= 0.6 is 0 Å². The summed E-state index contributed by atoms with van der Waals surface area (Å²) in [4.78, 5) is 0. The van der Waals surface area contributed by atoms with Crippen molar-refractivity contribution in [1.29, 1.82) is 0 Å². The van der Waals surface area contributed by atoms with Crippen molar-refractivity contribution in [3.8, 4) is 22.3 Å². The minimum Gasteiger partial charge on any atom is -0.456 e. The predicted molar refractivity (Wildman–Crippen MR) is 171 cm³/mol. The SMILES string of the molecule is CC(C)(C)c1ccc(-c2ccccc2Nc2ccccc2-c2ccc3oc4ccccc4c3c2)c2ccccc12. The van der Waals surface area contributed by atoms with Gasteiger partial charge in [0, 0.05) is 33.3 Å². The number of benzene rings is 6. The Morgan fingerprint density at radius 2 is 1.07 bits per heavy atom. The van der Waals surface area contributed by atoms with Crippen molar-refractivity contribution >= 4 is 44.1 Å². The van der Waals surface area contributed by atoms with E-state index in [0.29, 0.717) is 0 Å². The summed E-state index contributed by atoms with van der Waals surface area (Å²) in [5.74, 6) is 0. The van der Waals surface area contributed by atoms with Crippen LogP contribution < -0.4 is 5.32 Å². The molecule has 0 fully saturated rings. The molecule has 194 valence electrons. The van der Waals surface area contributed by atoms with Crippen LogP contribution in [-0.4, -0.2) is 0 Å². The van der Waals surface area contributed by atoms with E-state index in [1.54, 1.807) is 0 Å². The Balaban J connectivity index is 1.34. The van der Waals surface area contributed by atoms with Gasteiger partial charge in [0.15, 0.2) is 0 Å². The smallest absolute Gasteiger partial charge is 0.135 e. The lowest BCUT2D eigenvalue weighted by Gasteiger charge is -2.23. The third-order valence-electron chi connectivity index (χ3n) is 7.83. The fourth-order valence-corrected chi connectivity index (χ4v) is 5.90. The van der Waals surface area contributed by atoms with Crippen molar-refractivity contribution in [2.45, 2.75) is 26.2 Å². The zero-order valence-corrected chi connectivity index (χ0v) is 23.0. The number of rotatable bonds is 4. The molecular formula is C38H31NO. The first kappa shape index (κ1) is 24.2. The Morgan fingerprint density at radius 3 is 1.85 bits per heavy atom. The summed E-state index contributed by atoms with van der Waals surface area (Å²) in [6, 6.07) is 45.2. The molecule has 1 N–H and O–H groups in total. The second-order valence-electron chi connectivity index (χ2n) is 11.5. The second kappa shape index (κ2) is 9.43. The summed E-state index contributed by atoms with van der Waals surface area (Å²) in [6.07, 6.45) is 0. The molecule has 0 saturated carbocycles. The maximum atomic E-state index is 6.08. The molecule has 1 aromatic heterocycles. The molecule has 0 radical (unpaired) electrons. The maximum absolute atomic E-state index is 6.08. The van der Waals surface area contributed by atoms with Crippen LogP contribution in [0, 0.1) is 0 Å². The van der Waals surface area contributed by atoms with E-state index in [-0.39, 0.29) is 5.41 Å². The topological polar surface area (TPSA) is 25.2 Å². The summed E-state index contributed by atoms with van der Waals surface area (Å²) >= 11 is 0. The maximum Gasteiger partial charge on any atom is 0.135 e. The van der Waals surface area contributed by atoms with Gasteiger partial charge in [-0.05, 0) is 63.2 Å². The van der Waals surface area contributed by atoms with E-state index < -0.39 is 0 Å². The van der Waals surface area contributed by atoms with Gasteiger partial charge in [-0.3, -0.25) is 0 Å². The van der Waals surface area contributed by atoms with Crippen molar-refractivity contribution in [2.24, 2.45) is 0 Å². The highest BCUT2D eigenvalue weighted by atomic mass is 16.3. The lowest BCUT2D eigenvalue weighted by Crippen LogP contribution is -2.11. The number of furan rings is 1. The minimum absolute atomic E-state index is 0.0657. The van der Waals surface area contributed by atoms with Crippen LogP contribution in [0.4, 0.5) is 11.4 Å². The van der Waals surface area contributed by atoms with Crippen LogP contribution in [0.15, 0.2) is 132 Å². The van der Waals surface area contributed by atoms with E-state index in [0.717, 1.165) is 44.4 Å². The van der Waals surface area contributed by atoms with Gasteiger partial charge in [0.05, 0.1) is 0 Å². The molecule has 0 atom stereocenters. The Hall–Kier alpha value is -4.82. The molecule has 0 saturated heterocycles. The molecule has 40 heavy (non-hydrogen) atoms. The number of para-hydroxylation sites is 3.